The number of amides is 1. The zero-order valence-electron chi connectivity index (χ0n) is 19.0. The van der Waals surface area contributed by atoms with Gasteiger partial charge in [0.2, 0.25) is 0 Å². The number of benzene rings is 3. The molecule has 1 amide bonds. The van der Waals surface area contributed by atoms with E-state index < -0.39 is 0 Å². The average Bonchev–Trinajstić information content (AvgIpc) is 3.18. The quantitative estimate of drug-likeness (QED) is 0.323. The minimum absolute atomic E-state index is 0.0499. The molecule has 5 nitrogen and oxygen atoms in total. The molecular weight excluding hydrogens is 434 g/mol. The second kappa shape index (κ2) is 10.5. The lowest BCUT2D eigenvalue weighted by atomic mass is 10.1. The van der Waals surface area contributed by atoms with E-state index in [0.717, 1.165) is 51.6 Å². The molecule has 1 N–H and O–H groups in total. The number of hydrogen-bond donors (Lipinski definition) is 1. The van der Waals surface area contributed by atoms with Gasteiger partial charge in [0.1, 0.15) is 18.2 Å². The van der Waals surface area contributed by atoms with E-state index in [0.29, 0.717) is 25.3 Å². The van der Waals surface area contributed by atoms with Crippen molar-refractivity contribution in [2.24, 2.45) is 0 Å². The molecule has 0 saturated heterocycles. The van der Waals surface area contributed by atoms with Gasteiger partial charge in [0.15, 0.2) is 0 Å². The second-order valence-electron chi connectivity index (χ2n) is 8.11. The summed E-state index contributed by atoms with van der Waals surface area (Å²) in [5, 5.41) is 3.77. The number of halogens is 1. The number of rotatable bonds is 9. The molecule has 0 atom stereocenters. The third-order valence-electron chi connectivity index (χ3n) is 5.63. The number of carbonyl (C=O) groups excluding carboxylic acids is 1. The van der Waals surface area contributed by atoms with Gasteiger partial charge in [-0.1, -0.05) is 41.9 Å². The minimum Gasteiger partial charge on any atom is -0.492 e. The van der Waals surface area contributed by atoms with Crippen molar-refractivity contribution < 1.29 is 9.53 Å². The summed E-state index contributed by atoms with van der Waals surface area (Å²) < 4.78 is 8.25. The molecule has 4 rings (SSSR count). The van der Waals surface area contributed by atoms with Gasteiger partial charge in [-0.15, -0.1) is 0 Å². The topological polar surface area (TPSA) is 56.1 Å². The standard InChI is InChI=1S/C27H28ClN3O2/c1-19-17-22(18-20(2)26(19)28)33-16-15-31-24-12-7-6-11-23(24)30-25(31)13-8-14-29-27(32)21-9-4-3-5-10-21/h3-7,9-12,17-18H,8,13-16H2,1-2H3,(H,29,32). The molecule has 0 aliphatic carbocycles. The van der Waals surface area contributed by atoms with Crippen molar-refractivity contribution in [2.45, 2.75) is 33.2 Å². The van der Waals surface area contributed by atoms with Crippen LogP contribution in [0.5, 0.6) is 5.75 Å². The summed E-state index contributed by atoms with van der Waals surface area (Å²) in [4.78, 5) is 17.1. The van der Waals surface area contributed by atoms with Crippen LogP contribution in [0.25, 0.3) is 11.0 Å². The van der Waals surface area contributed by atoms with Crippen molar-refractivity contribution in [1.82, 2.24) is 14.9 Å². The van der Waals surface area contributed by atoms with E-state index in [9.17, 15) is 4.79 Å². The predicted octanol–water partition coefficient (Wildman–Crippen LogP) is 5.75. The lowest BCUT2D eigenvalue weighted by molar-refractivity contribution is 0.0953. The molecule has 1 heterocycles. The van der Waals surface area contributed by atoms with Gasteiger partial charge in [-0.05, 0) is 67.8 Å². The van der Waals surface area contributed by atoms with Crippen molar-refractivity contribution in [3.05, 3.63) is 94.3 Å². The van der Waals surface area contributed by atoms with E-state index in [2.05, 4.69) is 16.0 Å². The Hall–Kier alpha value is -3.31. The Labute approximate surface area is 199 Å². The molecule has 0 saturated carbocycles. The summed E-state index contributed by atoms with van der Waals surface area (Å²) in [5.74, 6) is 1.77. The van der Waals surface area contributed by atoms with Crippen LogP contribution in [0.2, 0.25) is 5.02 Å². The highest BCUT2D eigenvalue weighted by molar-refractivity contribution is 6.32. The van der Waals surface area contributed by atoms with Gasteiger partial charge >= 0.3 is 0 Å². The molecule has 0 fully saturated rings. The molecule has 0 unspecified atom stereocenters. The first-order valence-corrected chi connectivity index (χ1v) is 11.6. The summed E-state index contributed by atoms with van der Waals surface area (Å²) in [7, 11) is 0. The van der Waals surface area contributed by atoms with Crippen molar-refractivity contribution in [1.29, 1.82) is 0 Å². The van der Waals surface area contributed by atoms with Crippen LogP contribution in [-0.2, 0) is 13.0 Å². The van der Waals surface area contributed by atoms with Crippen molar-refractivity contribution in [2.75, 3.05) is 13.2 Å². The van der Waals surface area contributed by atoms with E-state index in [1.54, 1.807) is 0 Å². The van der Waals surface area contributed by atoms with Gasteiger partial charge in [-0.25, -0.2) is 4.98 Å². The molecule has 33 heavy (non-hydrogen) atoms. The first-order valence-electron chi connectivity index (χ1n) is 11.2. The lowest BCUT2D eigenvalue weighted by Crippen LogP contribution is -2.25. The van der Waals surface area contributed by atoms with Gasteiger partial charge in [-0.3, -0.25) is 4.79 Å². The van der Waals surface area contributed by atoms with Gasteiger partial charge in [0.05, 0.1) is 17.6 Å². The van der Waals surface area contributed by atoms with E-state index in [4.69, 9.17) is 21.3 Å². The van der Waals surface area contributed by atoms with Crippen LogP contribution < -0.4 is 10.1 Å². The Morgan fingerprint density at radius 3 is 2.48 bits per heavy atom. The van der Waals surface area contributed by atoms with Gasteiger partial charge < -0.3 is 14.6 Å². The Kier molecular flexibility index (Phi) is 7.30. The van der Waals surface area contributed by atoms with Crippen LogP contribution >= 0.6 is 11.6 Å². The Morgan fingerprint density at radius 1 is 1.03 bits per heavy atom. The molecular formula is C27H28ClN3O2. The summed E-state index contributed by atoms with van der Waals surface area (Å²) in [6, 6.07) is 21.3. The van der Waals surface area contributed by atoms with E-state index >= 15 is 0 Å². The van der Waals surface area contributed by atoms with Crippen LogP contribution in [0.4, 0.5) is 0 Å². The van der Waals surface area contributed by atoms with Gasteiger partial charge in [0, 0.05) is 23.6 Å². The highest BCUT2D eigenvalue weighted by atomic mass is 35.5. The molecule has 4 aromatic rings. The lowest BCUT2D eigenvalue weighted by Gasteiger charge is -2.13. The number of para-hydroxylation sites is 2. The van der Waals surface area contributed by atoms with Gasteiger partial charge in [-0.2, -0.15) is 0 Å². The fraction of sp³-hybridized carbons (Fsp3) is 0.259. The number of fused-ring (bicyclic) bond motifs is 1. The Bertz CT molecular complexity index is 1230. The fourth-order valence-electron chi connectivity index (χ4n) is 3.95. The average molecular weight is 462 g/mol. The van der Waals surface area contributed by atoms with E-state index in [1.807, 2.05) is 74.5 Å². The molecule has 0 spiro atoms. The molecule has 0 aliphatic heterocycles. The second-order valence-corrected chi connectivity index (χ2v) is 8.49. The summed E-state index contributed by atoms with van der Waals surface area (Å²) in [6.07, 6.45) is 1.57. The number of imidazole rings is 1. The summed E-state index contributed by atoms with van der Waals surface area (Å²) in [5.41, 5.74) is 4.76. The summed E-state index contributed by atoms with van der Waals surface area (Å²) >= 11 is 6.27. The fourth-order valence-corrected chi connectivity index (χ4v) is 4.06. The minimum atomic E-state index is -0.0499. The zero-order valence-corrected chi connectivity index (χ0v) is 19.7. The first-order chi connectivity index (χ1) is 16.0. The van der Waals surface area contributed by atoms with Crippen molar-refractivity contribution >= 4 is 28.5 Å². The maximum absolute atomic E-state index is 12.3. The third-order valence-corrected chi connectivity index (χ3v) is 6.22. The number of carbonyl (C=O) groups is 1. The maximum atomic E-state index is 12.3. The largest absolute Gasteiger partial charge is 0.492 e. The first kappa shape index (κ1) is 22.9. The number of aryl methyl sites for hydroxylation is 3. The summed E-state index contributed by atoms with van der Waals surface area (Å²) in [6.45, 7) is 5.78. The van der Waals surface area contributed by atoms with Crippen molar-refractivity contribution in [3.8, 4) is 5.75 Å². The van der Waals surface area contributed by atoms with E-state index in [1.165, 1.54) is 0 Å². The predicted molar refractivity (Wildman–Crippen MR) is 133 cm³/mol. The van der Waals surface area contributed by atoms with Crippen molar-refractivity contribution in [3.63, 3.8) is 0 Å². The van der Waals surface area contributed by atoms with Crippen LogP contribution in [0.1, 0.15) is 33.7 Å². The van der Waals surface area contributed by atoms with Crippen LogP contribution in [0.15, 0.2) is 66.7 Å². The number of aromatic nitrogens is 2. The normalized spacial score (nSPS) is 11.0. The molecule has 0 bridgehead atoms. The number of nitrogens with one attached hydrogen (secondary N) is 1. The molecule has 3 aromatic carbocycles. The Balaban J connectivity index is 1.39. The monoisotopic (exact) mass is 461 g/mol. The molecule has 0 radical (unpaired) electrons. The molecule has 1 aromatic heterocycles. The molecule has 6 heteroatoms. The molecule has 170 valence electrons. The van der Waals surface area contributed by atoms with Crippen LogP contribution in [0.3, 0.4) is 0 Å². The zero-order chi connectivity index (χ0) is 23.2. The number of hydrogen-bond acceptors (Lipinski definition) is 3. The third kappa shape index (κ3) is 5.55. The van der Waals surface area contributed by atoms with Crippen LogP contribution in [0, 0.1) is 13.8 Å². The smallest absolute Gasteiger partial charge is 0.251 e. The maximum Gasteiger partial charge on any atom is 0.251 e. The highest BCUT2D eigenvalue weighted by Crippen LogP contribution is 2.26. The highest BCUT2D eigenvalue weighted by Gasteiger charge is 2.11. The Morgan fingerprint density at radius 2 is 1.73 bits per heavy atom. The van der Waals surface area contributed by atoms with Crippen LogP contribution in [-0.4, -0.2) is 28.6 Å². The van der Waals surface area contributed by atoms with E-state index in [-0.39, 0.29) is 5.91 Å². The molecule has 0 aliphatic rings. The van der Waals surface area contributed by atoms with Gasteiger partial charge in [0.25, 0.3) is 5.91 Å². The number of nitrogens with zero attached hydrogens (tertiary/aromatic N) is 2. The number of ether oxygens (including phenoxy) is 1. The SMILES string of the molecule is Cc1cc(OCCn2c(CCCNC(=O)c3ccccc3)nc3ccccc32)cc(C)c1Cl.